The van der Waals surface area contributed by atoms with Gasteiger partial charge in [0.25, 0.3) is 0 Å². The molecule has 1 fully saturated rings. The molecule has 0 amide bonds. The minimum absolute atomic E-state index is 0.128. The van der Waals surface area contributed by atoms with E-state index in [9.17, 15) is 9.90 Å². The van der Waals surface area contributed by atoms with E-state index in [0.717, 1.165) is 36.9 Å². The molecule has 0 atom stereocenters. The monoisotopic (exact) mass is 436 g/mol. The number of anilines is 1. The Labute approximate surface area is 184 Å². The van der Waals surface area contributed by atoms with Gasteiger partial charge >= 0.3 is 0 Å². The van der Waals surface area contributed by atoms with Crippen LogP contribution < -0.4 is 9.64 Å². The summed E-state index contributed by atoms with van der Waals surface area (Å²) >= 11 is 6.12. The molecule has 0 spiro atoms. The van der Waals surface area contributed by atoms with Crippen molar-refractivity contribution in [2.24, 2.45) is 0 Å². The second-order valence-electron chi connectivity index (χ2n) is 7.64. The lowest BCUT2D eigenvalue weighted by Crippen LogP contribution is -2.46. The molecule has 2 aliphatic rings. The molecule has 0 radical (unpaired) electrons. The van der Waals surface area contributed by atoms with E-state index >= 15 is 0 Å². The van der Waals surface area contributed by atoms with Crippen LogP contribution in [-0.4, -0.2) is 42.0 Å². The molecule has 0 saturated carbocycles. The molecule has 6 nitrogen and oxygen atoms in total. The van der Waals surface area contributed by atoms with Crippen molar-refractivity contribution >= 4 is 29.1 Å². The highest BCUT2D eigenvalue weighted by Gasteiger charge is 2.32. The van der Waals surface area contributed by atoms with Crippen LogP contribution in [0.2, 0.25) is 5.02 Å². The van der Waals surface area contributed by atoms with Crippen molar-refractivity contribution in [3.05, 3.63) is 82.5 Å². The minimum Gasteiger partial charge on any atom is -0.507 e. The molecule has 1 N–H and O–H groups in total. The van der Waals surface area contributed by atoms with Gasteiger partial charge < -0.3 is 19.2 Å². The first-order chi connectivity index (χ1) is 15.1. The largest absolute Gasteiger partial charge is 0.507 e. The first-order valence-electron chi connectivity index (χ1n) is 10.1. The van der Waals surface area contributed by atoms with Gasteiger partial charge in [0.2, 0.25) is 5.78 Å². The molecule has 7 heteroatoms. The standard InChI is InChI=1S/C24H21ClN2O4/c25-16-3-1-4-17(13-16)27-10-8-26(9-11-27)15-20-21(28)7-6-19-23(29)22(31-24(19)20)14-18-5-2-12-30-18/h1-7,12-14,28H,8-11,15H2/b22-14-. The van der Waals surface area contributed by atoms with Crippen LogP contribution in [0.5, 0.6) is 11.5 Å². The van der Waals surface area contributed by atoms with Crippen molar-refractivity contribution in [1.29, 1.82) is 0 Å². The highest BCUT2D eigenvalue weighted by molar-refractivity contribution is 6.30. The van der Waals surface area contributed by atoms with Crippen LogP contribution in [0.3, 0.4) is 0 Å². The first-order valence-corrected chi connectivity index (χ1v) is 10.5. The number of carbonyl (C=O) groups excluding carboxylic acids is 1. The van der Waals surface area contributed by atoms with E-state index in [1.54, 1.807) is 36.6 Å². The van der Waals surface area contributed by atoms with Crippen LogP contribution in [-0.2, 0) is 6.54 Å². The number of hydrogen-bond acceptors (Lipinski definition) is 6. The fourth-order valence-electron chi connectivity index (χ4n) is 4.01. The van der Waals surface area contributed by atoms with Gasteiger partial charge in [-0.05, 0) is 42.5 Å². The van der Waals surface area contributed by atoms with Crippen LogP contribution in [0.15, 0.2) is 65.0 Å². The van der Waals surface area contributed by atoms with Crippen LogP contribution in [0.25, 0.3) is 6.08 Å². The van der Waals surface area contributed by atoms with E-state index in [4.69, 9.17) is 20.8 Å². The molecule has 1 aromatic heterocycles. The predicted octanol–water partition coefficient (Wildman–Crippen LogP) is 4.58. The number of allylic oxidation sites excluding steroid dienone is 1. The summed E-state index contributed by atoms with van der Waals surface area (Å²) in [5.74, 6) is 1.09. The molecule has 0 bridgehead atoms. The Morgan fingerprint density at radius 3 is 2.65 bits per heavy atom. The van der Waals surface area contributed by atoms with Crippen molar-refractivity contribution in [3.63, 3.8) is 0 Å². The number of ketones is 1. The number of Topliss-reactive ketones (excluding diaryl/α,β-unsaturated/α-hetero) is 1. The van der Waals surface area contributed by atoms with Crippen LogP contribution in [0.4, 0.5) is 5.69 Å². The van der Waals surface area contributed by atoms with Gasteiger partial charge in [0.05, 0.1) is 17.4 Å². The molecule has 0 aliphatic carbocycles. The van der Waals surface area contributed by atoms with E-state index in [1.165, 1.54) is 0 Å². The molecule has 1 saturated heterocycles. The second kappa shape index (κ2) is 8.13. The highest BCUT2D eigenvalue weighted by atomic mass is 35.5. The van der Waals surface area contributed by atoms with Gasteiger partial charge in [0, 0.05) is 49.5 Å². The number of furan rings is 1. The van der Waals surface area contributed by atoms with Crippen molar-refractivity contribution in [3.8, 4) is 11.5 Å². The molecule has 0 unspecified atom stereocenters. The zero-order chi connectivity index (χ0) is 21.4. The van der Waals surface area contributed by atoms with Gasteiger partial charge in [-0.2, -0.15) is 0 Å². The lowest BCUT2D eigenvalue weighted by atomic mass is 10.0. The summed E-state index contributed by atoms with van der Waals surface area (Å²) in [6.45, 7) is 3.83. The fourth-order valence-corrected chi connectivity index (χ4v) is 4.20. The third-order valence-corrected chi connectivity index (χ3v) is 5.90. The highest BCUT2D eigenvalue weighted by Crippen LogP contribution is 2.40. The summed E-state index contributed by atoms with van der Waals surface area (Å²) in [7, 11) is 0. The number of carbonyl (C=O) groups is 1. The minimum atomic E-state index is -0.210. The molecule has 31 heavy (non-hydrogen) atoms. The van der Waals surface area contributed by atoms with Gasteiger partial charge in [-0.25, -0.2) is 0 Å². The van der Waals surface area contributed by atoms with Gasteiger partial charge in [-0.15, -0.1) is 0 Å². The molecular formula is C24H21ClN2O4. The van der Waals surface area contributed by atoms with E-state index in [2.05, 4.69) is 15.9 Å². The number of aromatic hydroxyl groups is 1. The van der Waals surface area contributed by atoms with Gasteiger partial charge in [-0.1, -0.05) is 17.7 Å². The molecule has 5 rings (SSSR count). The predicted molar refractivity (Wildman–Crippen MR) is 119 cm³/mol. The second-order valence-corrected chi connectivity index (χ2v) is 8.07. The van der Waals surface area contributed by atoms with Gasteiger partial charge in [-0.3, -0.25) is 9.69 Å². The Morgan fingerprint density at radius 1 is 1.06 bits per heavy atom. The van der Waals surface area contributed by atoms with Crippen LogP contribution in [0, 0.1) is 0 Å². The first kappa shape index (κ1) is 19.7. The summed E-state index contributed by atoms with van der Waals surface area (Å²) in [5.41, 5.74) is 2.20. The third-order valence-electron chi connectivity index (χ3n) is 5.66. The Kier molecular flexibility index (Phi) is 5.18. The van der Waals surface area contributed by atoms with E-state index in [0.29, 0.717) is 29.2 Å². The number of ether oxygens (including phenoxy) is 1. The Bertz CT molecular complexity index is 1150. The number of fused-ring (bicyclic) bond motifs is 1. The van der Waals surface area contributed by atoms with E-state index in [-0.39, 0.29) is 17.3 Å². The topological polar surface area (TPSA) is 66.2 Å². The van der Waals surface area contributed by atoms with Crippen molar-refractivity contribution in [2.45, 2.75) is 6.54 Å². The number of phenolic OH excluding ortho intramolecular Hbond substituents is 1. The number of phenols is 1. The number of hydrogen-bond donors (Lipinski definition) is 1. The normalized spacial score (nSPS) is 17.8. The van der Waals surface area contributed by atoms with Gasteiger partial charge in [0.1, 0.15) is 17.3 Å². The zero-order valence-corrected chi connectivity index (χ0v) is 17.5. The van der Waals surface area contributed by atoms with Crippen LogP contribution in [0.1, 0.15) is 21.7 Å². The summed E-state index contributed by atoms with van der Waals surface area (Å²) < 4.78 is 11.2. The third kappa shape index (κ3) is 3.92. The van der Waals surface area contributed by atoms with Crippen LogP contribution >= 0.6 is 11.6 Å². The summed E-state index contributed by atoms with van der Waals surface area (Å²) in [6, 6.07) is 14.5. The number of nitrogens with zero attached hydrogens (tertiary/aromatic N) is 2. The average Bonchev–Trinajstić information content (AvgIpc) is 3.39. The lowest BCUT2D eigenvalue weighted by Gasteiger charge is -2.36. The maximum atomic E-state index is 12.8. The maximum absolute atomic E-state index is 12.8. The average molecular weight is 437 g/mol. The molecule has 158 valence electrons. The molecule has 2 aliphatic heterocycles. The Morgan fingerprint density at radius 2 is 1.90 bits per heavy atom. The molecule has 2 aromatic carbocycles. The number of piperazine rings is 1. The maximum Gasteiger partial charge on any atom is 0.232 e. The molecule has 3 heterocycles. The number of benzene rings is 2. The quantitative estimate of drug-likeness (QED) is 0.604. The SMILES string of the molecule is O=C1/C(=C/c2ccco2)Oc2c1ccc(O)c2CN1CCN(c2cccc(Cl)c2)CC1. The summed E-state index contributed by atoms with van der Waals surface area (Å²) in [5, 5.41) is 11.2. The van der Waals surface area contributed by atoms with Gasteiger partial charge in [0.15, 0.2) is 5.76 Å². The van der Waals surface area contributed by atoms with E-state index in [1.807, 2.05) is 18.2 Å². The number of halogens is 1. The molecular weight excluding hydrogens is 416 g/mol. The van der Waals surface area contributed by atoms with Crippen molar-refractivity contribution in [2.75, 3.05) is 31.1 Å². The summed E-state index contributed by atoms with van der Waals surface area (Å²) in [6.07, 6.45) is 3.12. The summed E-state index contributed by atoms with van der Waals surface area (Å²) in [4.78, 5) is 17.3. The Hall–Kier alpha value is -3.22. The molecule has 3 aromatic rings. The zero-order valence-electron chi connectivity index (χ0n) is 16.8. The van der Waals surface area contributed by atoms with E-state index < -0.39 is 0 Å². The van der Waals surface area contributed by atoms with Crippen molar-refractivity contribution < 1.29 is 19.1 Å². The van der Waals surface area contributed by atoms with Crippen molar-refractivity contribution in [1.82, 2.24) is 4.90 Å². The lowest BCUT2D eigenvalue weighted by molar-refractivity contribution is 0.101. The smallest absolute Gasteiger partial charge is 0.232 e. The Balaban J connectivity index is 1.32. The fraction of sp³-hybridized carbons (Fsp3) is 0.208. The number of rotatable bonds is 4.